The van der Waals surface area contributed by atoms with E-state index in [0.717, 1.165) is 17.8 Å². The standard InChI is InChI=1S/C23H31FN2O2S/c1-14(29-13-21(27)26-20-5-3-19(24)4-6-20)22(28)25-15(2)23-10-16-7-17(11-23)9-18(8-16)12-23/h3-6,14-18H,7-13H2,1-2H3,(H,25,28)(H,26,27)/t14-,15-,16?,17?,18?,23?/m0/s1. The van der Waals surface area contributed by atoms with Crippen LogP contribution in [-0.4, -0.2) is 28.9 Å². The molecule has 6 heteroatoms. The van der Waals surface area contributed by atoms with E-state index in [2.05, 4.69) is 17.6 Å². The predicted octanol–water partition coefficient (Wildman–Crippen LogP) is 4.61. The smallest absolute Gasteiger partial charge is 0.234 e. The molecule has 0 saturated heterocycles. The molecule has 0 radical (unpaired) electrons. The van der Waals surface area contributed by atoms with Crippen LogP contribution < -0.4 is 10.6 Å². The average molecular weight is 419 g/mol. The van der Waals surface area contributed by atoms with Crippen molar-refractivity contribution in [3.63, 3.8) is 0 Å². The summed E-state index contributed by atoms with van der Waals surface area (Å²) in [5.41, 5.74) is 0.846. The highest BCUT2D eigenvalue weighted by Gasteiger charge is 2.53. The molecule has 158 valence electrons. The number of nitrogens with one attached hydrogen (secondary N) is 2. The number of rotatable bonds is 7. The first-order chi connectivity index (χ1) is 13.8. The van der Waals surface area contributed by atoms with Gasteiger partial charge in [-0.25, -0.2) is 4.39 Å². The van der Waals surface area contributed by atoms with Crippen LogP contribution >= 0.6 is 11.8 Å². The molecule has 4 nitrogen and oxygen atoms in total. The van der Waals surface area contributed by atoms with Crippen molar-refractivity contribution in [3.8, 4) is 0 Å². The Balaban J connectivity index is 1.25. The fraction of sp³-hybridized carbons (Fsp3) is 0.652. The number of hydrogen-bond acceptors (Lipinski definition) is 3. The van der Waals surface area contributed by atoms with Gasteiger partial charge in [0.2, 0.25) is 11.8 Å². The molecule has 5 rings (SSSR count). The van der Waals surface area contributed by atoms with Gasteiger partial charge in [0.05, 0.1) is 11.0 Å². The van der Waals surface area contributed by atoms with Crippen molar-refractivity contribution in [1.82, 2.24) is 5.32 Å². The predicted molar refractivity (Wildman–Crippen MR) is 115 cm³/mol. The van der Waals surface area contributed by atoms with Gasteiger partial charge in [0, 0.05) is 11.7 Å². The number of anilines is 1. The summed E-state index contributed by atoms with van der Waals surface area (Å²) in [4.78, 5) is 24.9. The zero-order valence-electron chi connectivity index (χ0n) is 17.2. The average Bonchev–Trinajstić information content (AvgIpc) is 2.66. The Kier molecular flexibility index (Phi) is 5.92. The Bertz CT molecular complexity index is 731. The van der Waals surface area contributed by atoms with Gasteiger partial charge in [0.25, 0.3) is 0 Å². The largest absolute Gasteiger partial charge is 0.352 e. The second-order valence-corrected chi connectivity index (χ2v) is 10.8. The lowest BCUT2D eigenvalue weighted by Crippen LogP contribution is -2.56. The van der Waals surface area contributed by atoms with Crippen LogP contribution in [0.1, 0.15) is 52.4 Å². The Morgan fingerprint density at radius 2 is 1.62 bits per heavy atom. The highest BCUT2D eigenvalue weighted by Crippen LogP contribution is 2.61. The van der Waals surface area contributed by atoms with Crippen LogP contribution in [0.25, 0.3) is 0 Å². The van der Waals surface area contributed by atoms with Crippen LogP contribution in [0.5, 0.6) is 0 Å². The topological polar surface area (TPSA) is 58.2 Å². The van der Waals surface area contributed by atoms with Gasteiger partial charge in [-0.2, -0.15) is 0 Å². The molecule has 2 amide bonds. The van der Waals surface area contributed by atoms with Crippen molar-refractivity contribution < 1.29 is 14.0 Å². The second-order valence-electron chi connectivity index (χ2n) is 9.52. The van der Waals surface area contributed by atoms with E-state index in [4.69, 9.17) is 0 Å². The first kappa shape index (κ1) is 20.7. The van der Waals surface area contributed by atoms with Crippen molar-refractivity contribution in [2.75, 3.05) is 11.1 Å². The van der Waals surface area contributed by atoms with Gasteiger partial charge in [0.15, 0.2) is 0 Å². The Morgan fingerprint density at radius 1 is 1.07 bits per heavy atom. The van der Waals surface area contributed by atoms with Crippen molar-refractivity contribution in [2.24, 2.45) is 23.2 Å². The number of hydrogen-bond donors (Lipinski definition) is 2. The molecule has 0 unspecified atom stereocenters. The fourth-order valence-electron chi connectivity index (χ4n) is 6.20. The van der Waals surface area contributed by atoms with Crippen molar-refractivity contribution in [1.29, 1.82) is 0 Å². The van der Waals surface area contributed by atoms with Crippen LogP contribution in [0.15, 0.2) is 24.3 Å². The first-order valence-corrected chi connectivity index (χ1v) is 11.9. The summed E-state index contributed by atoms with van der Waals surface area (Å²) in [5.74, 6) is 2.28. The third-order valence-corrected chi connectivity index (χ3v) is 8.47. The molecule has 4 aliphatic rings. The number of benzene rings is 1. The summed E-state index contributed by atoms with van der Waals surface area (Å²) < 4.78 is 12.9. The summed E-state index contributed by atoms with van der Waals surface area (Å²) in [6.45, 7) is 4.04. The zero-order chi connectivity index (χ0) is 20.6. The molecular weight excluding hydrogens is 387 g/mol. The molecule has 1 aromatic rings. The van der Waals surface area contributed by atoms with Crippen LogP contribution in [0.3, 0.4) is 0 Å². The maximum atomic E-state index is 12.9. The number of carbonyl (C=O) groups is 2. The summed E-state index contributed by atoms with van der Waals surface area (Å²) in [6, 6.07) is 5.87. The Hall–Kier alpha value is -1.56. The van der Waals surface area contributed by atoms with E-state index in [-0.39, 0.29) is 40.1 Å². The number of carbonyl (C=O) groups excluding carboxylic acids is 2. The number of halogens is 1. The maximum Gasteiger partial charge on any atom is 0.234 e. The SMILES string of the molecule is C[C@H](SCC(=O)Nc1ccc(F)cc1)C(=O)N[C@@H](C)C12CC3CC(CC(C3)C1)C2. The van der Waals surface area contributed by atoms with Crippen LogP contribution in [0.4, 0.5) is 10.1 Å². The summed E-state index contributed by atoms with van der Waals surface area (Å²) in [5, 5.41) is 5.73. The van der Waals surface area contributed by atoms with Crippen LogP contribution in [0, 0.1) is 29.0 Å². The minimum Gasteiger partial charge on any atom is -0.352 e. The van der Waals surface area contributed by atoms with E-state index >= 15 is 0 Å². The van der Waals surface area contributed by atoms with Crippen LogP contribution in [0.2, 0.25) is 0 Å². The van der Waals surface area contributed by atoms with Gasteiger partial charge in [-0.1, -0.05) is 0 Å². The van der Waals surface area contributed by atoms with E-state index in [1.54, 1.807) is 0 Å². The molecule has 0 heterocycles. The molecule has 4 fully saturated rings. The third kappa shape index (κ3) is 4.62. The third-order valence-electron chi connectivity index (χ3n) is 7.32. The lowest BCUT2D eigenvalue weighted by atomic mass is 9.48. The van der Waals surface area contributed by atoms with Crippen LogP contribution in [-0.2, 0) is 9.59 Å². The van der Waals surface area contributed by atoms with E-state index < -0.39 is 0 Å². The molecule has 29 heavy (non-hydrogen) atoms. The molecule has 2 atom stereocenters. The first-order valence-electron chi connectivity index (χ1n) is 10.8. The van der Waals surface area contributed by atoms with Gasteiger partial charge in [-0.05, 0) is 99.8 Å². The molecule has 0 aliphatic heterocycles. The van der Waals surface area contributed by atoms with Gasteiger partial charge >= 0.3 is 0 Å². The van der Waals surface area contributed by atoms with Gasteiger partial charge in [-0.15, -0.1) is 11.8 Å². The summed E-state index contributed by atoms with van der Waals surface area (Å²) in [7, 11) is 0. The van der Waals surface area contributed by atoms with E-state index in [0.29, 0.717) is 5.69 Å². The highest BCUT2D eigenvalue weighted by atomic mass is 32.2. The molecule has 0 spiro atoms. The zero-order valence-corrected chi connectivity index (χ0v) is 18.1. The summed E-state index contributed by atoms with van der Waals surface area (Å²) in [6.07, 6.45) is 7.99. The second kappa shape index (κ2) is 8.29. The van der Waals surface area contributed by atoms with Gasteiger partial charge in [0.1, 0.15) is 5.82 Å². The molecule has 1 aromatic carbocycles. The lowest BCUT2D eigenvalue weighted by Gasteiger charge is -2.59. The Labute approximate surface area is 176 Å². The van der Waals surface area contributed by atoms with E-state index in [9.17, 15) is 14.0 Å². The molecule has 0 aromatic heterocycles. The highest BCUT2D eigenvalue weighted by molar-refractivity contribution is 8.01. The van der Waals surface area contributed by atoms with E-state index in [1.807, 2.05) is 6.92 Å². The molecular formula is C23H31FN2O2S. The van der Waals surface area contributed by atoms with Crippen molar-refractivity contribution in [3.05, 3.63) is 30.1 Å². The molecule has 4 saturated carbocycles. The van der Waals surface area contributed by atoms with Crippen molar-refractivity contribution in [2.45, 2.75) is 63.7 Å². The monoisotopic (exact) mass is 418 g/mol. The Morgan fingerprint density at radius 3 is 2.17 bits per heavy atom. The quantitative estimate of drug-likeness (QED) is 0.680. The normalized spacial score (nSPS) is 31.9. The van der Waals surface area contributed by atoms with E-state index in [1.165, 1.54) is 74.6 Å². The lowest BCUT2D eigenvalue weighted by molar-refractivity contribution is -0.125. The minimum atomic E-state index is -0.337. The molecule has 4 aliphatic carbocycles. The number of thioether (sulfide) groups is 1. The fourth-order valence-corrected chi connectivity index (χ4v) is 6.89. The van der Waals surface area contributed by atoms with Gasteiger partial charge in [-0.3, -0.25) is 9.59 Å². The number of amides is 2. The summed E-state index contributed by atoms with van der Waals surface area (Å²) >= 11 is 1.34. The van der Waals surface area contributed by atoms with Gasteiger partial charge < -0.3 is 10.6 Å². The van der Waals surface area contributed by atoms with Crippen molar-refractivity contribution >= 4 is 29.3 Å². The minimum absolute atomic E-state index is 0.0211. The maximum absolute atomic E-state index is 12.9. The molecule has 2 N–H and O–H groups in total. The molecule has 4 bridgehead atoms.